The number of carbonyl (C=O) groups is 1. The fourth-order valence-corrected chi connectivity index (χ4v) is 2.88. The van der Waals surface area contributed by atoms with E-state index in [9.17, 15) is 4.79 Å². The molecule has 1 aliphatic heterocycles. The third-order valence-corrected chi connectivity index (χ3v) is 4.21. The van der Waals surface area contributed by atoms with Crippen LogP contribution >= 0.6 is 0 Å². The highest BCUT2D eigenvalue weighted by atomic mass is 16.5. The van der Waals surface area contributed by atoms with Crippen molar-refractivity contribution in [2.24, 2.45) is 14.1 Å². The van der Waals surface area contributed by atoms with Crippen LogP contribution < -0.4 is 20.8 Å². The van der Waals surface area contributed by atoms with Gasteiger partial charge in [0.05, 0.1) is 11.3 Å². The standard InChI is InChI=1S/C14H20N8O2/c1-19-7-6-11(15-19)24-8-10-12(9-4-5-9)20(2)16-13(10)22-14(23)21(3)17-18-22/h6-7,9,17-18H,4-5,8H2,1-3H3. The molecule has 0 spiro atoms. The molecule has 2 N–H and O–H groups in total. The fourth-order valence-electron chi connectivity index (χ4n) is 2.88. The quantitative estimate of drug-likeness (QED) is 0.824. The van der Waals surface area contributed by atoms with Crippen molar-refractivity contribution in [2.75, 3.05) is 12.1 Å². The first-order chi connectivity index (χ1) is 11.5. The molecule has 10 nitrogen and oxygen atoms in total. The van der Waals surface area contributed by atoms with Gasteiger partial charge in [-0.1, -0.05) is 0 Å². The molecule has 2 fully saturated rings. The van der Waals surface area contributed by atoms with Crippen molar-refractivity contribution < 1.29 is 9.53 Å². The molecule has 2 aliphatic rings. The van der Waals surface area contributed by atoms with Crippen LogP contribution in [0.3, 0.4) is 0 Å². The molecule has 3 heterocycles. The van der Waals surface area contributed by atoms with E-state index < -0.39 is 0 Å². The van der Waals surface area contributed by atoms with Crippen molar-refractivity contribution in [3.63, 3.8) is 0 Å². The number of anilines is 1. The van der Waals surface area contributed by atoms with Gasteiger partial charge < -0.3 is 4.74 Å². The minimum atomic E-state index is -0.227. The van der Waals surface area contributed by atoms with Crippen LogP contribution in [-0.2, 0) is 20.7 Å². The maximum absolute atomic E-state index is 12.3. The molecule has 0 bridgehead atoms. The van der Waals surface area contributed by atoms with Crippen LogP contribution in [0.4, 0.5) is 10.6 Å². The summed E-state index contributed by atoms with van der Waals surface area (Å²) >= 11 is 0. The number of hydrogen-bond acceptors (Lipinski definition) is 6. The largest absolute Gasteiger partial charge is 0.472 e. The van der Waals surface area contributed by atoms with Crippen molar-refractivity contribution >= 4 is 11.8 Å². The Labute approximate surface area is 138 Å². The Morgan fingerprint density at radius 2 is 2.04 bits per heavy atom. The molecule has 0 radical (unpaired) electrons. The fraction of sp³-hybridized carbons (Fsp3) is 0.500. The number of nitrogens with one attached hydrogen (secondary N) is 2. The zero-order valence-electron chi connectivity index (χ0n) is 13.9. The van der Waals surface area contributed by atoms with E-state index in [1.54, 1.807) is 17.8 Å². The van der Waals surface area contributed by atoms with Gasteiger partial charge in [0.15, 0.2) is 5.82 Å². The third-order valence-electron chi connectivity index (χ3n) is 4.21. The first kappa shape index (κ1) is 15.0. The van der Waals surface area contributed by atoms with E-state index in [0.717, 1.165) is 24.1 Å². The minimum Gasteiger partial charge on any atom is -0.472 e. The van der Waals surface area contributed by atoms with Crippen LogP contribution in [0.25, 0.3) is 0 Å². The van der Waals surface area contributed by atoms with Crippen LogP contribution in [0.2, 0.25) is 0 Å². The Morgan fingerprint density at radius 3 is 2.62 bits per heavy atom. The highest BCUT2D eigenvalue weighted by Crippen LogP contribution is 2.43. The number of hydrogen-bond donors (Lipinski definition) is 2. The molecule has 1 saturated heterocycles. The summed E-state index contributed by atoms with van der Waals surface area (Å²) in [5.41, 5.74) is 7.60. The monoisotopic (exact) mass is 332 g/mol. The summed E-state index contributed by atoms with van der Waals surface area (Å²) in [6.07, 6.45) is 4.09. The van der Waals surface area contributed by atoms with Crippen molar-refractivity contribution in [1.82, 2.24) is 35.6 Å². The number of nitrogens with zero attached hydrogens (tertiary/aromatic N) is 6. The molecular weight excluding hydrogens is 312 g/mol. The zero-order valence-corrected chi connectivity index (χ0v) is 13.9. The highest BCUT2D eigenvalue weighted by Gasteiger charge is 2.37. The van der Waals surface area contributed by atoms with Crippen molar-refractivity contribution in [3.8, 4) is 5.88 Å². The van der Waals surface area contributed by atoms with Gasteiger partial charge in [0, 0.05) is 39.3 Å². The van der Waals surface area contributed by atoms with Crippen molar-refractivity contribution in [1.29, 1.82) is 0 Å². The number of rotatable bonds is 5. The van der Waals surface area contributed by atoms with E-state index in [-0.39, 0.29) is 6.03 Å². The smallest absolute Gasteiger partial charge is 0.356 e. The molecule has 24 heavy (non-hydrogen) atoms. The lowest BCUT2D eigenvalue weighted by Gasteiger charge is -2.13. The number of amides is 2. The Hall–Kier alpha value is -2.59. The van der Waals surface area contributed by atoms with Crippen LogP contribution in [0.1, 0.15) is 30.0 Å². The maximum Gasteiger partial charge on any atom is 0.356 e. The van der Waals surface area contributed by atoms with Gasteiger partial charge >= 0.3 is 6.03 Å². The summed E-state index contributed by atoms with van der Waals surface area (Å²) in [5.74, 6) is 1.57. The van der Waals surface area contributed by atoms with Crippen LogP contribution in [0.5, 0.6) is 5.88 Å². The summed E-state index contributed by atoms with van der Waals surface area (Å²) in [7, 11) is 5.38. The van der Waals surface area contributed by atoms with E-state index in [4.69, 9.17) is 4.74 Å². The van der Waals surface area contributed by atoms with Gasteiger partial charge in [0.25, 0.3) is 0 Å². The average molecular weight is 332 g/mol. The highest BCUT2D eigenvalue weighted by molar-refractivity contribution is 5.91. The first-order valence-electron chi connectivity index (χ1n) is 7.82. The number of aryl methyl sites for hydroxylation is 2. The molecule has 2 amide bonds. The third kappa shape index (κ3) is 2.49. The summed E-state index contributed by atoms with van der Waals surface area (Å²) in [5, 5.41) is 11.5. The predicted molar refractivity (Wildman–Crippen MR) is 84.6 cm³/mol. The van der Waals surface area contributed by atoms with Gasteiger partial charge in [-0.25, -0.2) is 9.80 Å². The maximum atomic E-state index is 12.3. The van der Waals surface area contributed by atoms with Crippen molar-refractivity contribution in [2.45, 2.75) is 25.4 Å². The number of hydrazine groups is 3. The van der Waals surface area contributed by atoms with Gasteiger partial charge in [-0.2, -0.15) is 10.1 Å². The topological polar surface area (TPSA) is 92.5 Å². The number of urea groups is 1. The first-order valence-corrected chi connectivity index (χ1v) is 7.82. The van der Waals surface area contributed by atoms with Gasteiger partial charge in [0.2, 0.25) is 5.88 Å². The Bertz CT molecular complexity index is 778. The SMILES string of the molecule is CN1NNN(c2nn(C)c(C3CC3)c2COc2ccn(C)n2)C1=O. The average Bonchev–Trinajstić information content (AvgIpc) is 3.10. The second kappa shape index (κ2) is 5.49. The van der Waals surface area contributed by atoms with E-state index in [0.29, 0.717) is 24.2 Å². The summed E-state index contributed by atoms with van der Waals surface area (Å²) < 4.78 is 9.35. The molecule has 0 aromatic carbocycles. The molecule has 0 unspecified atom stereocenters. The second-order valence-corrected chi connectivity index (χ2v) is 6.10. The normalized spacial score (nSPS) is 17.9. The molecule has 10 heteroatoms. The Morgan fingerprint density at radius 1 is 1.25 bits per heavy atom. The second-order valence-electron chi connectivity index (χ2n) is 6.10. The molecule has 1 saturated carbocycles. The van der Waals surface area contributed by atoms with E-state index in [1.165, 1.54) is 10.0 Å². The van der Waals surface area contributed by atoms with E-state index in [2.05, 4.69) is 21.3 Å². The lowest BCUT2D eigenvalue weighted by molar-refractivity contribution is 0.214. The number of ether oxygens (including phenoxy) is 1. The Kier molecular flexibility index (Phi) is 3.43. The molecule has 4 rings (SSSR count). The predicted octanol–water partition coefficient (Wildman–Crippen LogP) is 0.406. The number of carbonyl (C=O) groups excluding carboxylic acids is 1. The molecule has 2 aromatic heterocycles. The zero-order chi connectivity index (χ0) is 16.8. The van der Waals surface area contributed by atoms with Gasteiger partial charge in [-0.3, -0.25) is 9.36 Å². The van der Waals surface area contributed by atoms with Crippen molar-refractivity contribution in [3.05, 3.63) is 23.5 Å². The van der Waals surface area contributed by atoms with Crippen LogP contribution in [0.15, 0.2) is 12.3 Å². The number of aromatic nitrogens is 4. The molecule has 1 aliphatic carbocycles. The van der Waals surface area contributed by atoms with Crippen LogP contribution in [0, 0.1) is 0 Å². The molecule has 0 atom stereocenters. The van der Waals surface area contributed by atoms with E-state index in [1.807, 2.05) is 25.0 Å². The van der Waals surface area contributed by atoms with Gasteiger partial charge in [-0.05, 0) is 12.8 Å². The summed E-state index contributed by atoms with van der Waals surface area (Å²) in [6.45, 7) is 0.307. The lowest BCUT2D eigenvalue weighted by Crippen LogP contribution is -2.38. The Balaban J connectivity index is 1.66. The summed E-state index contributed by atoms with van der Waals surface area (Å²) in [6, 6.07) is 1.58. The molecular formula is C14H20N8O2. The minimum absolute atomic E-state index is 0.227. The van der Waals surface area contributed by atoms with Gasteiger partial charge in [0.1, 0.15) is 6.61 Å². The van der Waals surface area contributed by atoms with E-state index >= 15 is 0 Å². The van der Waals surface area contributed by atoms with Crippen LogP contribution in [-0.4, -0.2) is 37.6 Å². The van der Waals surface area contributed by atoms with Gasteiger partial charge in [-0.15, -0.1) is 16.2 Å². The molecule has 128 valence electrons. The molecule has 2 aromatic rings. The summed E-state index contributed by atoms with van der Waals surface area (Å²) in [4.78, 5) is 12.3. The lowest BCUT2D eigenvalue weighted by atomic mass is 10.1.